The maximum Gasteiger partial charge on any atom is 0.246 e. The second kappa shape index (κ2) is 4.90. The maximum absolute atomic E-state index is 12.6. The number of carbonyl (C=O) groups is 1. The van der Waals surface area contributed by atoms with Crippen molar-refractivity contribution in [2.45, 2.75) is 38.8 Å². The second-order valence-electron chi connectivity index (χ2n) is 5.34. The molecule has 98 valence electrons. The van der Waals surface area contributed by atoms with E-state index in [9.17, 15) is 4.79 Å². The monoisotopic (exact) mass is 266 g/mol. The van der Waals surface area contributed by atoms with Crippen molar-refractivity contribution in [2.75, 3.05) is 11.4 Å². The van der Waals surface area contributed by atoms with Gasteiger partial charge in [0.2, 0.25) is 5.91 Å². The first-order valence-corrected chi connectivity index (χ1v) is 6.64. The molecule has 1 aliphatic heterocycles. The first kappa shape index (κ1) is 13.4. The highest BCUT2D eigenvalue weighted by atomic mass is 35.5. The Bertz CT molecular complexity index is 459. The number of benzene rings is 1. The molecule has 0 aromatic heterocycles. The van der Waals surface area contributed by atoms with Gasteiger partial charge in [0, 0.05) is 16.8 Å². The van der Waals surface area contributed by atoms with Gasteiger partial charge in [0.05, 0.1) is 5.54 Å². The van der Waals surface area contributed by atoms with Crippen molar-refractivity contribution in [1.29, 1.82) is 0 Å². The fraction of sp³-hybridized carbons (Fsp3) is 0.500. The molecule has 3 nitrogen and oxygen atoms in total. The summed E-state index contributed by atoms with van der Waals surface area (Å²) in [4.78, 5) is 14.5. The smallest absolute Gasteiger partial charge is 0.246 e. The Morgan fingerprint density at radius 2 is 2.17 bits per heavy atom. The molecular weight excluding hydrogens is 248 g/mol. The normalized spacial score (nSPS) is 23.9. The lowest BCUT2D eigenvalue weighted by Gasteiger charge is -2.32. The molecule has 4 heteroatoms. The number of nitrogens with zero attached hydrogens (tertiary/aromatic N) is 1. The summed E-state index contributed by atoms with van der Waals surface area (Å²) in [5.41, 5.74) is 0.337. The third-order valence-corrected chi connectivity index (χ3v) is 3.64. The van der Waals surface area contributed by atoms with Crippen LogP contribution in [-0.4, -0.2) is 24.0 Å². The van der Waals surface area contributed by atoms with Crippen molar-refractivity contribution in [3.05, 3.63) is 29.3 Å². The minimum atomic E-state index is -0.535. The SMILES string of the molecule is CC1CCNC(C)(C)C(=O)N1c1cccc(Cl)c1. The number of halogens is 1. The molecule has 1 heterocycles. The molecule has 2 rings (SSSR count). The third kappa shape index (κ3) is 2.52. The molecule has 1 saturated heterocycles. The van der Waals surface area contributed by atoms with Crippen molar-refractivity contribution < 1.29 is 4.79 Å². The summed E-state index contributed by atoms with van der Waals surface area (Å²) >= 11 is 6.02. The zero-order valence-corrected chi connectivity index (χ0v) is 11.8. The Labute approximate surface area is 113 Å². The van der Waals surface area contributed by atoms with Gasteiger partial charge in [0.15, 0.2) is 0 Å². The van der Waals surface area contributed by atoms with E-state index in [1.54, 1.807) is 0 Å². The molecule has 1 aromatic rings. The molecule has 18 heavy (non-hydrogen) atoms. The minimum absolute atomic E-state index is 0.0924. The second-order valence-corrected chi connectivity index (χ2v) is 5.78. The number of carbonyl (C=O) groups excluding carboxylic acids is 1. The van der Waals surface area contributed by atoms with Crippen molar-refractivity contribution in [2.24, 2.45) is 0 Å². The van der Waals surface area contributed by atoms with E-state index < -0.39 is 5.54 Å². The molecule has 0 spiro atoms. The average molecular weight is 267 g/mol. The van der Waals surface area contributed by atoms with E-state index >= 15 is 0 Å². The summed E-state index contributed by atoms with van der Waals surface area (Å²) in [6.07, 6.45) is 0.932. The van der Waals surface area contributed by atoms with Crippen LogP contribution in [0.5, 0.6) is 0 Å². The predicted octanol–water partition coefficient (Wildman–Crippen LogP) is 2.83. The quantitative estimate of drug-likeness (QED) is 0.848. The molecule has 1 unspecified atom stereocenters. The van der Waals surface area contributed by atoms with Gasteiger partial charge in [-0.25, -0.2) is 0 Å². The van der Waals surface area contributed by atoms with Gasteiger partial charge in [-0.05, 0) is 51.9 Å². The lowest BCUT2D eigenvalue weighted by molar-refractivity contribution is -0.123. The number of anilines is 1. The van der Waals surface area contributed by atoms with Gasteiger partial charge in [-0.15, -0.1) is 0 Å². The van der Waals surface area contributed by atoms with Crippen LogP contribution in [0.1, 0.15) is 27.2 Å². The Balaban J connectivity index is 2.41. The Hall–Kier alpha value is -1.06. The molecule has 1 fully saturated rings. The Kier molecular flexibility index (Phi) is 3.64. The van der Waals surface area contributed by atoms with Crippen LogP contribution in [0.25, 0.3) is 0 Å². The highest BCUT2D eigenvalue weighted by Crippen LogP contribution is 2.27. The van der Waals surface area contributed by atoms with Gasteiger partial charge in [0.1, 0.15) is 0 Å². The van der Waals surface area contributed by atoms with Crippen LogP contribution in [0, 0.1) is 0 Å². The van der Waals surface area contributed by atoms with Crippen molar-refractivity contribution in [1.82, 2.24) is 5.32 Å². The van der Waals surface area contributed by atoms with Crippen molar-refractivity contribution in [3.63, 3.8) is 0 Å². The number of rotatable bonds is 1. The van der Waals surface area contributed by atoms with Crippen molar-refractivity contribution in [3.8, 4) is 0 Å². The van der Waals surface area contributed by atoms with Gasteiger partial charge in [-0.3, -0.25) is 4.79 Å². The zero-order chi connectivity index (χ0) is 13.3. The summed E-state index contributed by atoms with van der Waals surface area (Å²) < 4.78 is 0. The number of hydrogen-bond acceptors (Lipinski definition) is 2. The first-order valence-electron chi connectivity index (χ1n) is 6.26. The minimum Gasteiger partial charge on any atom is -0.308 e. The summed E-state index contributed by atoms with van der Waals surface area (Å²) in [6, 6.07) is 7.65. The van der Waals surface area contributed by atoms with Gasteiger partial charge >= 0.3 is 0 Å². The van der Waals surface area contributed by atoms with E-state index in [1.165, 1.54) is 0 Å². The lowest BCUT2D eigenvalue weighted by Crippen LogP contribution is -2.53. The highest BCUT2D eigenvalue weighted by Gasteiger charge is 2.37. The van der Waals surface area contributed by atoms with E-state index in [1.807, 2.05) is 43.0 Å². The Morgan fingerprint density at radius 3 is 2.83 bits per heavy atom. The molecule has 1 aliphatic rings. The molecule has 0 bridgehead atoms. The van der Waals surface area contributed by atoms with Crippen LogP contribution in [0.2, 0.25) is 5.02 Å². The standard InChI is InChI=1S/C14H19ClN2O/c1-10-7-8-16-14(2,3)13(18)17(10)12-6-4-5-11(15)9-12/h4-6,9-10,16H,7-8H2,1-3H3. The largest absolute Gasteiger partial charge is 0.308 e. The first-order chi connectivity index (χ1) is 8.42. The van der Waals surface area contributed by atoms with Gasteiger partial charge < -0.3 is 10.2 Å². The third-order valence-electron chi connectivity index (χ3n) is 3.41. The van der Waals surface area contributed by atoms with Crippen LogP contribution in [0.3, 0.4) is 0 Å². The molecule has 0 radical (unpaired) electrons. The van der Waals surface area contributed by atoms with Gasteiger partial charge in [-0.1, -0.05) is 17.7 Å². The summed E-state index contributed by atoms with van der Waals surface area (Å²) in [7, 11) is 0. The van der Waals surface area contributed by atoms with Crippen LogP contribution in [0.15, 0.2) is 24.3 Å². The number of hydrogen-bond donors (Lipinski definition) is 1. The fourth-order valence-electron chi connectivity index (χ4n) is 2.30. The van der Waals surface area contributed by atoms with Crippen LogP contribution >= 0.6 is 11.6 Å². The molecular formula is C14H19ClN2O. The zero-order valence-electron chi connectivity index (χ0n) is 11.0. The Morgan fingerprint density at radius 1 is 1.44 bits per heavy atom. The lowest BCUT2D eigenvalue weighted by atomic mass is 10.0. The average Bonchev–Trinajstić information content (AvgIpc) is 2.37. The van der Waals surface area contributed by atoms with Crippen LogP contribution in [0.4, 0.5) is 5.69 Å². The summed E-state index contributed by atoms with van der Waals surface area (Å²) in [6.45, 7) is 6.76. The van der Waals surface area contributed by atoms with Crippen LogP contribution in [-0.2, 0) is 4.79 Å². The number of nitrogens with one attached hydrogen (secondary N) is 1. The maximum atomic E-state index is 12.6. The molecule has 1 amide bonds. The van der Waals surface area contributed by atoms with Gasteiger partial charge in [-0.2, -0.15) is 0 Å². The van der Waals surface area contributed by atoms with E-state index in [0.29, 0.717) is 5.02 Å². The highest BCUT2D eigenvalue weighted by molar-refractivity contribution is 6.31. The molecule has 1 N–H and O–H groups in total. The topological polar surface area (TPSA) is 32.3 Å². The molecule has 0 aliphatic carbocycles. The van der Waals surface area contributed by atoms with Gasteiger partial charge in [0.25, 0.3) is 0 Å². The molecule has 1 atom stereocenters. The van der Waals surface area contributed by atoms with E-state index in [2.05, 4.69) is 12.2 Å². The van der Waals surface area contributed by atoms with E-state index in [0.717, 1.165) is 18.7 Å². The van der Waals surface area contributed by atoms with Crippen molar-refractivity contribution >= 4 is 23.2 Å². The summed E-state index contributed by atoms with van der Waals surface area (Å²) in [5.74, 6) is 0.0924. The van der Waals surface area contributed by atoms with Crippen LogP contribution < -0.4 is 10.2 Å². The molecule has 1 aromatic carbocycles. The molecule has 0 saturated carbocycles. The fourth-order valence-corrected chi connectivity index (χ4v) is 2.48. The van der Waals surface area contributed by atoms with E-state index in [4.69, 9.17) is 11.6 Å². The van der Waals surface area contributed by atoms with E-state index in [-0.39, 0.29) is 11.9 Å². The summed E-state index contributed by atoms with van der Waals surface area (Å²) in [5, 5.41) is 3.95. The predicted molar refractivity (Wildman–Crippen MR) is 75.1 cm³/mol. The number of amides is 1.